The number of hydrogen-bond acceptors (Lipinski definition) is 3. The molecule has 0 unspecified atom stereocenters. The van der Waals surface area contributed by atoms with Crippen LogP contribution < -0.4 is 10.4 Å². The fourth-order valence-corrected chi connectivity index (χ4v) is 2.01. The van der Waals surface area contributed by atoms with E-state index < -0.39 is 11.6 Å². The fourth-order valence-electron chi connectivity index (χ4n) is 1.88. The number of halogens is 1. The molecular formula is C13H15ClN2O2. The third-order valence-electron chi connectivity index (χ3n) is 2.59. The smallest absolute Gasteiger partial charge is 0.352 e. The SMILES string of the molecule is CC1=CC(C)(C)NOC(=O)N1c1ccc(Cl)cc1. The van der Waals surface area contributed by atoms with Gasteiger partial charge in [-0.1, -0.05) is 11.6 Å². The van der Waals surface area contributed by atoms with Gasteiger partial charge in [0.2, 0.25) is 0 Å². The first-order valence-electron chi connectivity index (χ1n) is 5.62. The Balaban J connectivity index is 2.41. The van der Waals surface area contributed by atoms with Crippen LogP contribution in [0.1, 0.15) is 20.8 Å². The molecule has 0 atom stereocenters. The van der Waals surface area contributed by atoms with Crippen LogP contribution in [0.5, 0.6) is 0 Å². The average molecular weight is 267 g/mol. The normalized spacial score (nSPS) is 19.0. The minimum absolute atomic E-state index is 0.402. The summed E-state index contributed by atoms with van der Waals surface area (Å²) in [6.07, 6.45) is 1.48. The zero-order valence-electron chi connectivity index (χ0n) is 10.5. The van der Waals surface area contributed by atoms with E-state index in [0.29, 0.717) is 5.02 Å². The molecule has 4 nitrogen and oxygen atoms in total. The molecular weight excluding hydrogens is 252 g/mol. The standard InChI is InChI=1S/C13H15ClN2O2/c1-9-8-13(2,3)15-18-12(17)16(9)11-6-4-10(14)5-7-11/h4-8,15H,1-3H3. The molecule has 0 saturated carbocycles. The second-order valence-corrected chi connectivity index (χ2v) is 5.23. The third-order valence-corrected chi connectivity index (χ3v) is 2.84. The number of hydrogen-bond donors (Lipinski definition) is 1. The summed E-state index contributed by atoms with van der Waals surface area (Å²) >= 11 is 5.84. The average Bonchev–Trinajstić information content (AvgIpc) is 2.38. The van der Waals surface area contributed by atoms with Gasteiger partial charge in [-0.15, -0.1) is 5.48 Å². The van der Waals surface area contributed by atoms with Gasteiger partial charge in [0.1, 0.15) is 0 Å². The Morgan fingerprint density at radius 2 is 1.89 bits per heavy atom. The first kappa shape index (κ1) is 12.9. The van der Waals surface area contributed by atoms with E-state index in [2.05, 4.69) is 5.48 Å². The summed E-state index contributed by atoms with van der Waals surface area (Å²) < 4.78 is 0. The summed E-state index contributed by atoms with van der Waals surface area (Å²) in [5, 5.41) is 0.627. The van der Waals surface area contributed by atoms with Crippen LogP contribution in [-0.4, -0.2) is 11.6 Å². The van der Waals surface area contributed by atoms with E-state index in [1.807, 2.05) is 26.8 Å². The number of hydroxylamine groups is 1. The van der Waals surface area contributed by atoms with Gasteiger partial charge in [0.15, 0.2) is 0 Å². The maximum absolute atomic E-state index is 12.0. The van der Waals surface area contributed by atoms with E-state index in [0.717, 1.165) is 11.4 Å². The second-order valence-electron chi connectivity index (χ2n) is 4.79. The van der Waals surface area contributed by atoms with Crippen LogP contribution in [-0.2, 0) is 4.84 Å². The zero-order valence-corrected chi connectivity index (χ0v) is 11.3. The molecule has 0 saturated heterocycles. The molecule has 2 rings (SSSR count). The number of allylic oxidation sites excluding steroid dienone is 1. The highest BCUT2D eigenvalue weighted by Gasteiger charge is 2.28. The summed E-state index contributed by atoms with van der Waals surface area (Å²) in [7, 11) is 0. The van der Waals surface area contributed by atoms with Gasteiger partial charge < -0.3 is 4.84 Å². The minimum Gasteiger partial charge on any atom is -0.352 e. The zero-order chi connectivity index (χ0) is 13.3. The highest BCUT2D eigenvalue weighted by molar-refractivity contribution is 6.30. The molecule has 1 aliphatic rings. The van der Waals surface area contributed by atoms with E-state index in [4.69, 9.17) is 16.4 Å². The van der Waals surface area contributed by atoms with Crippen LogP contribution in [0, 0.1) is 0 Å². The molecule has 1 aliphatic heterocycles. The van der Waals surface area contributed by atoms with Crippen LogP contribution in [0.25, 0.3) is 0 Å². The van der Waals surface area contributed by atoms with Crippen molar-refractivity contribution >= 4 is 23.4 Å². The predicted octanol–water partition coefficient (Wildman–Crippen LogP) is 3.48. The molecule has 1 N–H and O–H groups in total. The Morgan fingerprint density at radius 1 is 1.28 bits per heavy atom. The Labute approximate surface area is 111 Å². The summed E-state index contributed by atoms with van der Waals surface area (Å²) in [4.78, 5) is 18.5. The molecule has 0 spiro atoms. The van der Waals surface area contributed by atoms with Gasteiger partial charge in [-0.2, -0.15) is 0 Å². The molecule has 18 heavy (non-hydrogen) atoms. The van der Waals surface area contributed by atoms with Crippen molar-refractivity contribution in [1.29, 1.82) is 0 Å². The predicted molar refractivity (Wildman–Crippen MR) is 71.4 cm³/mol. The van der Waals surface area contributed by atoms with Crippen molar-refractivity contribution in [3.05, 3.63) is 41.1 Å². The molecule has 0 aliphatic carbocycles. The number of anilines is 1. The van der Waals surface area contributed by atoms with E-state index in [9.17, 15) is 4.79 Å². The molecule has 96 valence electrons. The Hall–Kier alpha value is -1.52. The summed E-state index contributed by atoms with van der Waals surface area (Å²) in [5.41, 5.74) is 3.84. The first-order chi connectivity index (χ1) is 8.39. The van der Waals surface area contributed by atoms with Crippen LogP contribution in [0.15, 0.2) is 36.0 Å². The quantitative estimate of drug-likeness (QED) is 0.846. The number of benzene rings is 1. The number of carbonyl (C=O) groups is 1. The molecule has 5 heteroatoms. The minimum atomic E-state index is -0.461. The first-order valence-corrected chi connectivity index (χ1v) is 6.00. The van der Waals surface area contributed by atoms with Crippen molar-refractivity contribution < 1.29 is 9.63 Å². The highest BCUT2D eigenvalue weighted by atomic mass is 35.5. The van der Waals surface area contributed by atoms with Crippen molar-refractivity contribution in [2.75, 3.05) is 4.90 Å². The van der Waals surface area contributed by atoms with Gasteiger partial charge in [-0.05, 0) is 51.1 Å². The Kier molecular flexibility index (Phi) is 3.32. The molecule has 0 aromatic heterocycles. The van der Waals surface area contributed by atoms with Crippen molar-refractivity contribution in [3.8, 4) is 0 Å². The lowest BCUT2D eigenvalue weighted by atomic mass is 10.1. The van der Waals surface area contributed by atoms with Crippen molar-refractivity contribution in [1.82, 2.24) is 5.48 Å². The number of amides is 1. The van der Waals surface area contributed by atoms with E-state index in [1.54, 1.807) is 24.3 Å². The number of carbonyl (C=O) groups excluding carboxylic acids is 1. The van der Waals surface area contributed by atoms with E-state index in [-0.39, 0.29) is 0 Å². The van der Waals surface area contributed by atoms with E-state index >= 15 is 0 Å². The maximum Gasteiger partial charge on any atom is 0.437 e. The van der Waals surface area contributed by atoms with Crippen LogP contribution in [0.3, 0.4) is 0 Å². The summed E-state index contributed by atoms with van der Waals surface area (Å²) in [6.45, 7) is 5.72. The lowest BCUT2D eigenvalue weighted by Crippen LogP contribution is -2.38. The van der Waals surface area contributed by atoms with Crippen LogP contribution in [0.4, 0.5) is 10.5 Å². The van der Waals surface area contributed by atoms with Gasteiger partial charge >= 0.3 is 6.09 Å². The van der Waals surface area contributed by atoms with Crippen molar-refractivity contribution in [2.24, 2.45) is 0 Å². The largest absolute Gasteiger partial charge is 0.437 e. The van der Waals surface area contributed by atoms with Crippen LogP contribution >= 0.6 is 11.6 Å². The second kappa shape index (κ2) is 4.63. The third kappa shape index (κ3) is 2.66. The van der Waals surface area contributed by atoms with Gasteiger partial charge in [0, 0.05) is 10.7 Å². The van der Waals surface area contributed by atoms with Gasteiger partial charge in [0.25, 0.3) is 0 Å². The number of rotatable bonds is 1. The number of nitrogens with zero attached hydrogens (tertiary/aromatic N) is 1. The Bertz CT molecular complexity index is 494. The van der Waals surface area contributed by atoms with Gasteiger partial charge in [-0.25, -0.2) is 9.69 Å². The molecule has 0 bridgehead atoms. The summed E-state index contributed by atoms with van der Waals surface area (Å²) in [6, 6.07) is 7.03. The molecule has 1 aromatic carbocycles. The number of nitrogens with one attached hydrogen (secondary N) is 1. The maximum atomic E-state index is 12.0. The molecule has 1 aromatic rings. The molecule has 0 radical (unpaired) electrons. The van der Waals surface area contributed by atoms with Gasteiger partial charge in [0.05, 0.1) is 11.2 Å². The van der Waals surface area contributed by atoms with E-state index in [1.165, 1.54) is 4.90 Å². The van der Waals surface area contributed by atoms with Crippen LogP contribution in [0.2, 0.25) is 5.02 Å². The summed E-state index contributed by atoms with van der Waals surface area (Å²) in [5.74, 6) is 0. The lowest BCUT2D eigenvalue weighted by Gasteiger charge is -2.20. The monoisotopic (exact) mass is 266 g/mol. The highest BCUT2D eigenvalue weighted by Crippen LogP contribution is 2.25. The van der Waals surface area contributed by atoms with Crippen molar-refractivity contribution in [2.45, 2.75) is 26.3 Å². The van der Waals surface area contributed by atoms with Gasteiger partial charge in [-0.3, -0.25) is 0 Å². The lowest BCUT2D eigenvalue weighted by molar-refractivity contribution is 0.0669. The topological polar surface area (TPSA) is 41.6 Å². The molecule has 0 fully saturated rings. The fraction of sp³-hybridized carbons (Fsp3) is 0.308. The Morgan fingerprint density at radius 3 is 2.50 bits per heavy atom. The van der Waals surface area contributed by atoms with Crippen molar-refractivity contribution in [3.63, 3.8) is 0 Å². The molecule has 1 heterocycles. The molecule has 1 amide bonds.